The first-order chi connectivity index (χ1) is 27.8. The molecule has 0 aliphatic heterocycles. The molecule has 3 heterocycles. The Morgan fingerprint density at radius 3 is 1.70 bits per heavy atom. The Hall–Kier alpha value is -7.14. The van der Waals surface area contributed by atoms with E-state index in [1.54, 1.807) is 0 Å². The fourth-order valence-electron chi connectivity index (χ4n) is 9.00. The third-order valence-electron chi connectivity index (χ3n) is 11.5. The predicted molar refractivity (Wildman–Crippen MR) is 240 cm³/mol. The van der Waals surface area contributed by atoms with E-state index < -0.39 is 0 Å². The second kappa shape index (κ2) is 12.2. The second-order valence-electron chi connectivity index (χ2n) is 14.6. The smallest absolute Gasteiger partial charge is 0.0619 e. The van der Waals surface area contributed by atoms with E-state index in [0.717, 1.165) is 28.4 Å². The van der Waals surface area contributed by atoms with Crippen LogP contribution in [0.25, 0.3) is 85.9 Å². The summed E-state index contributed by atoms with van der Waals surface area (Å²) in [5, 5.41) is 10.1. The average molecular weight is 732 g/mol. The summed E-state index contributed by atoms with van der Waals surface area (Å²) in [6.45, 7) is 0. The fraction of sp³-hybridized carbons (Fsp3) is 0. The van der Waals surface area contributed by atoms with Gasteiger partial charge in [0.05, 0.1) is 22.1 Å². The summed E-state index contributed by atoms with van der Waals surface area (Å²) in [5.41, 5.74) is 10.4. The van der Waals surface area contributed by atoms with E-state index in [1.807, 2.05) is 11.3 Å². The molecule has 0 saturated heterocycles. The van der Waals surface area contributed by atoms with Gasteiger partial charge < -0.3 is 14.0 Å². The molecule has 0 aliphatic carbocycles. The number of fused-ring (bicyclic) bond motifs is 11. The van der Waals surface area contributed by atoms with Gasteiger partial charge in [-0.25, -0.2) is 0 Å². The number of para-hydroxylation sites is 3. The molecule has 0 saturated carbocycles. The van der Waals surface area contributed by atoms with Crippen molar-refractivity contribution in [2.75, 3.05) is 4.90 Å². The molecular formula is C52H33N3S. The molecule has 0 fully saturated rings. The van der Waals surface area contributed by atoms with Crippen molar-refractivity contribution in [2.45, 2.75) is 0 Å². The molecule has 0 radical (unpaired) electrons. The van der Waals surface area contributed by atoms with Crippen molar-refractivity contribution in [3.63, 3.8) is 0 Å². The summed E-state index contributed by atoms with van der Waals surface area (Å²) in [6, 6.07) is 73.3. The third-order valence-corrected chi connectivity index (χ3v) is 12.6. The van der Waals surface area contributed by atoms with Gasteiger partial charge in [-0.3, -0.25) is 0 Å². The highest BCUT2D eigenvalue weighted by atomic mass is 32.1. The molecule has 12 rings (SSSR count). The Kier molecular flexibility index (Phi) is 6.80. The van der Waals surface area contributed by atoms with E-state index in [4.69, 9.17) is 0 Å². The van der Waals surface area contributed by atoms with Gasteiger partial charge in [0, 0.05) is 75.5 Å². The highest BCUT2D eigenvalue weighted by Gasteiger charge is 2.20. The zero-order valence-corrected chi connectivity index (χ0v) is 31.1. The lowest BCUT2D eigenvalue weighted by molar-refractivity contribution is 1.17. The molecule has 262 valence electrons. The largest absolute Gasteiger partial charge is 0.310 e. The molecule has 4 heteroatoms. The van der Waals surface area contributed by atoms with Gasteiger partial charge in [0.25, 0.3) is 0 Å². The van der Waals surface area contributed by atoms with E-state index in [-0.39, 0.29) is 0 Å². The summed E-state index contributed by atoms with van der Waals surface area (Å²) < 4.78 is 7.44. The first-order valence-corrected chi connectivity index (χ1v) is 19.9. The lowest BCUT2D eigenvalue weighted by Crippen LogP contribution is -2.10. The van der Waals surface area contributed by atoms with Gasteiger partial charge in [-0.2, -0.15) is 0 Å². The zero-order chi connectivity index (χ0) is 36.7. The van der Waals surface area contributed by atoms with Gasteiger partial charge in [-0.15, -0.1) is 11.3 Å². The van der Waals surface area contributed by atoms with Crippen LogP contribution in [0.3, 0.4) is 0 Å². The van der Waals surface area contributed by atoms with Crippen molar-refractivity contribution in [1.82, 2.24) is 9.13 Å². The topological polar surface area (TPSA) is 13.1 Å². The molecule has 0 N–H and O–H groups in total. The van der Waals surface area contributed by atoms with Crippen LogP contribution in [0.5, 0.6) is 0 Å². The van der Waals surface area contributed by atoms with Gasteiger partial charge in [0.1, 0.15) is 0 Å². The number of benzene rings is 9. The molecule has 0 atom stereocenters. The minimum Gasteiger partial charge on any atom is -0.310 e. The minimum absolute atomic E-state index is 1.10. The molecule has 12 aromatic rings. The van der Waals surface area contributed by atoms with E-state index in [2.05, 4.69) is 214 Å². The molecule has 3 aromatic heterocycles. The van der Waals surface area contributed by atoms with Crippen LogP contribution in [0.1, 0.15) is 0 Å². The molecule has 0 aliphatic rings. The van der Waals surface area contributed by atoms with Crippen LogP contribution in [0.4, 0.5) is 17.1 Å². The summed E-state index contributed by atoms with van der Waals surface area (Å²) >= 11 is 1.86. The molecule has 0 spiro atoms. The SMILES string of the molecule is c1ccc(-n2c3ccccc3c3ccc(N(c4ccc(-n5c6ccccc6c6ccc7ccccc7c65)cc4)c4ccc5sc6ccccc6c5c4)cc32)cc1. The molecular weight excluding hydrogens is 699 g/mol. The summed E-state index contributed by atoms with van der Waals surface area (Å²) in [7, 11) is 0. The normalized spacial score (nSPS) is 11.9. The summed E-state index contributed by atoms with van der Waals surface area (Å²) in [5.74, 6) is 0. The van der Waals surface area contributed by atoms with Crippen LogP contribution in [-0.4, -0.2) is 9.13 Å². The Balaban J connectivity index is 1.09. The first kappa shape index (κ1) is 31.2. The monoisotopic (exact) mass is 731 g/mol. The van der Waals surface area contributed by atoms with E-state index in [1.165, 1.54) is 74.6 Å². The van der Waals surface area contributed by atoms with E-state index >= 15 is 0 Å². The Bertz CT molecular complexity index is 3480. The Labute approximate surface area is 327 Å². The fourth-order valence-corrected chi connectivity index (χ4v) is 10.1. The second-order valence-corrected chi connectivity index (χ2v) is 15.6. The van der Waals surface area contributed by atoms with Crippen LogP contribution < -0.4 is 4.90 Å². The standard InChI is InChI=1S/C52H33N3S/c1-2-13-35(14-3-1)54-47-19-9-6-16-41(47)43-30-27-39(33-49(43)54)53(38-28-31-51-46(32-38)44-18-8-11-21-50(44)56-51)36-23-25-37(26-24-36)55-48-20-10-7-17-42(48)45-29-22-34-12-4-5-15-40(34)52(45)55/h1-33H. The molecule has 56 heavy (non-hydrogen) atoms. The maximum atomic E-state index is 2.44. The summed E-state index contributed by atoms with van der Waals surface area (Å²) in [4.78, 5) is 2.42. The molecule has 0 amide bonds. The maximum absolute atomic E-state index is 2.44. The predicted octanol–water partition coefficient (Wildman–Crippen LogP) is 14.9. The molecule has 3 nitrogen and oxygen atoms in total. The van der Waals surface area contributed by atoms with Crippen LogP contribution in [0.15, 0.2) is 200 Å². The molecule has 0 unspecified atom stereocenters. The molecule has 0 bridgehead atoms. The highest BCUT2D eigenvalue weighted by molar-refractivity contribution is 7.25. The van der Waals surface area contributed by atoms with Gasteiger partial charge >= 0.3 is 0 Å². The maximum Gasteiger partial charge on any atom is 0.0619 e. The minimum atomic E-state index is 1.10. The first-order valence-electron chi connectivity index (χ1n) is 19.1. The lowest BCUT2D eigenvalue weighted by atomic mass is 10.1. The van der Waals surface area contributed by atoms with Crippen LogP contribution in [0.2, 0.25) is 0 Å². The van der Waals surface area contributed by atoms with Crippen molar-refractivity contribution in [3.8, 4) is 11.4 Å². The number of nitrogens with zero attached hydrogens (tertiary/aromatic N) is 3. The van der Waals surface area contributed by atoms with E-state index in [0.29, 0.717) is 0 Å². The number of rotatable bonds is 5. The number of anilines is 3. The zero-order valence-electron chi connectivity index (χ0n) is 30.3. The van der Waals surface area contributed by atoms with Crippen LogP contribution in [-0.2, 0) is 0 Å². The Morgan fingerprint density at radius 1 is 0.321 bits per heavy atom. The van der Waals surface area contributed by atoms with Crippen molar-refractivity contribution in [3.05, 3.63) is 200 Å². The Morgan fingerprint density at radius 2 is 0.875 bits per heavy atom. The van der Waals surface area contributed by atoms with Crippen molar-refractivity contribution < 1.29 is 0 Å². The number of aromatic nitrogens is 2. The van der Waals surface area contributed by atoms with Gasteiger partial charge in [0.2, 0.25) is 0 Å². The summed E-state index contributed by atoms with van der Waals surface area (Å²) in [6.07, 6.45) is 0. The van der Waals surface area contributed by atoms with Crippen molar-refractivity contribution in [1.29, 1.82) is 0 Å². The van der Waals surface area contributed by atoms with Gasteiger partial charge in [-0.1, -0.05) is 115 Å². The van der Waals surface area contributed by atoms with Crippen molar-refractivity contribution >= 4 is 103 Å². The van der Waals surface area contributed by atoms with Gasteiger partial charge in [0.15, 0.2) is 0 Å². The van der Waals surface area contributed by atoms with E-state index in [9.17, 15) is 0 Å². The van der Waals surface area contributed by atoms with Crippen molar-refractivity contribution in [2.24, 2.45) is 0 Å². The average Bonchev–Trinajstić information content (AvgIpc) is 3.92. The lowest BCUT2D eigenvalue weighted by Gasteiger charge is -2.26. The number of thiophene rings is 1. The van der Waals surface area contributed by atoms with Crippen LogP contribution >= 0.6 is 11.3 Å². The highest BCUT2D eigenvalue weighted by Crippen LogP contribution is 2.44. The number of hydrogen-bond donors (Lipinski definition) is 0. The van der Waals surface area contributed by atoms with Crippen LogP contribution in [0, 0.1) is 0 Å². The van der Waals surface area contributed by atoms with Gasteiger partial charge in [-0.05, 0) is 90.3 Å². The third kappa shape index (κ3) is 4.63. The molecule has 9 aromatic carbocycles. The number of hydrogen-bond acceptors (Lipinski definition) is 2. The quantitative estimate of drug-likeness (QED) is 0.172.